The number of aromatic amines is 1. The molecule has 4 rings (SSSR count). The Labute approximate surface area is 150 Å². The monoisotopic (exact) mass is 343 g/mol. The Bertz CT molecular complexity index is 1070. The number of aromatic nitrogens is 2. The summed E-state index contributed by atoms with van der Waals surface area (Å²) >= 11 is 0. The predicted octanol–water partition coefficient (Wildman–Crippen LogP) is 4.92. The summed E-state index contributed by atoms with van der Waals surface area (Å²) in [6.07, 6.45) is 1.80. The standard InChI is InChI=1S/C21H17N3O2/c1-14-7-9-16(13-19(14)26-17-5-3-2-4-6-17)23-21(25)18-10-8-15-11-12-22-20(15)24-18/h2-13H,1H3,(H,22,24)(H,23,25). The van der Waals surface area contributed by atoms with Crippen LogP contribution in [0.15, 0.2) is 72.9 Å². The first-order valence-electron chi connectivity index (χ1n) is 8.28. The molecule has 0 saturated carbocycles. The summed E-state index contributed by atoms with van der Waals surface area (Å²) in [6, 6.07) is 20.6. The summed E-state index contributed by atoms with van der Waals surface area (Å²) in [6.45, 7) is 1.96. The Morgan fingerprint density at radius 1 is 1.04 bits per heavy atom. The van der Waals surface area contributed by atoms with E-state index >= 15 is 0 Å². The molecule has 0 radical (unpaired) electrons. The third-order valence-electron chi connectivity index (χ3n) is 4.06. The molecule has 4 aromatic rings. The maximum atomic E-state index is 12.5. The van der Waals surface area contributed by atoms with Gasteiger partial charge < -0.3 is 15.0 Å². The maximum absolute atomic E-state index is 12.5. The lowest BCUT2D eigenvalue weighted by molar-refractivity contribution is 0.102. The van der Waals surface area contributed by atoms with Gasteiger partial charge in [0.05, 0.1) is 0 Å². The second-order valence-electron chi connectivity index (χ2n) is 5.96. The third-order valence-corrected chi connectivity index (χ3v) is 4.06. The van der Waals surface area contributed by atoms with Crippen LogP contribution in [0.25, 0.3) is 11.0 Å². The number of amides is 1. The second kappa shape index (κ2) is 6.72. The van der Waals surface area contributed by atoms with Gasteiger partial charge in [-0.15, -0.1) is 0 Å². The Hall–Kier alpha value is -3.60. The molecule has 0 aliphatic rings. The number of hydrogen-bond acceptors (Lipinski definition) is 3. The number of carbonyl (C=O) groups is 1. The van der Waals surface area contributed by atoms with Gasteiger partial charge in [0.15, 0.2) is 0 Å². The van der Waals surface area contributed by atoms with Crippen molar-refractivity contribution < 1.29 is 9.53 Å². The van der Waals surface area contributed by atoms with Crippen molar-refractivity contribution in [1.82, 2.24) is 9.97 Å². The number of hydrogen-bond donors (Lipinski definition) is 2. The zero-order chi connectivity index (χ0) is 17.9. The molecule has 0 saturated heterocycles. The normalized spacial score (nSPS) is 10.7. The zero-order valence-electron chi connectivity index (χ0n) is 14.2. The minimum Gasteiger partial charge on any atom is -0.457 e. The number of para-hydroxylation sites is 1. The number of rotatable bonds is 4. The summed E-state index contributed by atoms with van der Waals surface area (Å²) in [5.41, 5.74) is 2.68. The van der Waals surface area contributed by atoms with E-state index in [2.05, 4.69) is 15.3 Å². The van der Waals surface area contributed by atoms with E-state index in [1.165, 1.54) is 0 Å². The first kappa shape index (κ1) is 15.9. The van der Waals surface area contributed by atoms with Gasteiger partial charge >= 0.3 is 0 Å². The van der Waals surface area contributed by atoms with Crippen molar-refractivity contribution in [2.75, 3.05) is 5.32 Å². The number of aryl methyl sites for hydroxylation is 1. The summed E-state index contributed by atoms with van der Waals surface area (Å²) in [4.78, 5) is 19.9. The Morgan fingerprint density at radius 3 is 2.73 bits per heavy atom. The van der Waals surface area contributed by atoms with Crippen LogP contribution in [0, 0.1) is 6.92 Å². The van der Waals surface area contributed by atoms with Crippen LogP contribution in [-0.2, 0) is 0 Å². The third kappa shape index (κ3) is 3.28. The van der Waals surface area contributed by atoms with Crippen LogP contribution in [0.3, 0.4) is 0 Å². The molecule has 0 spiro atoms. The van der Waals surface area contributed by atoms with Crippen LogP contribution in [-0.4, -0.2) is 15.9 Å². The van der Waals surface area contributed by atoms with Gasteiger partial charge in [-0.05, 0) is 48.9 Å². The van der Waals surface area contributed by atoms with Crippen LogP contribution >= 0.6 is 0 Å². The molecular formula is C21H17N3O2. The molecule has 2 N–H and O–H groups in total. The largest absolute Gasteiger partial charge is 0.457 e. The fraction of sp³-hybridized carbons (Fsp3) is 0.0476. The van der Waals surface area contributed by atoms with Crippen LogP contribution < -0.4 is 10.1 Å². The molecule has 5 heteroatoms. The van der Waals surface area contributed by atoms with E-state index in [-0.39, 0.29) is 5.91 Å². The molecule has 26 heavy (non-hydrogen) atoms. The van der Waals surface area contributed by atoms with Gasteiger partial charge in [0, 0.05) is 23.3 Å². The number of H-pyrrole nitrogens is 1. The van der Waals surface area contributed by atoms with E-state index in [1.807, 2.05) is 67.6 Å². The molecule has 2 aromatic carbocycles. The van der Waals surface area contributed by atoms with Gasteiger partial charge in [0.2, 0.25) is 0 Å². The molecule has 5 nitrogen and oxygen atoms in total. The van der Waals surface area contributed by atoms with E-state index in [1.54, 1.807) is 12.3 Å². The summed E-state index contributed by atoms with van der Waals surface area (Å²) in [5.74, 6) is 1.18. The number of pyridine rings is 1. The zero-order valence-corrected chi connectivity index (χ0v) is 14.2. The number of benzene rings is 2. The average molecular weight is 343 g/mol. The first-order valence-corrected chi connectivity index (χ1v) is 8.28. The van der Waals surface area contributed by atoms with Crippen LogP contribution in [0.4, 0.5) is 5.69 Å². The fourth-order valence-corrected chi connectivity index (χ4v) is 2.66. The van der Waals surface area contributed by atoms with Crippen molar-refractivity contribution in [3.63, 3.8) is 0 Å². The second-order valence-corrected chi connectivity index (χ2v) is 5.96. The topological polar surface area (TPSA) is 67.0 Å². The van der Waals surface area contributed by atoms with E-state index in [9.17, 15) is 4.79 Å². The lowest BCUT2D eigenvalue weighted by Gasteiger charge is -2.11. The molecule has 128 valence electrons. The smallest absolute Gasteiger partial charge is 0.274 e. The predicted molar refractivity (Wildman–Crippen MR) is 102 cm³/mol. The van der Waals surface area contributed by atoms with Crippen molar-refractivity contribution in [2.45, 2.75) is 6.92 Å². The molecule has 2 heterocycles. The van der Waals surface area contributed by atoms with E-state index in [0.29, 0.717) is 22.8 Å². The SMILES string of the molecule is Cc1ccc(NC(=O)c2ccc3cc[nH]c3n2)cc1Oc1ccccc1. The van der Waals surface area contributed by atoms with Gasteiger partial charge in [0.1, 0.15) is 22.8 Å². The number of ether oxygens (including phenoxy) is 1. The Morgan fingerprint density at radius 2 is 1.88 bits per heavy atom. The van der Waals surface area contributed by atoms with E-state index in [0.717, 1.165) is 16.7 Å². The van der Waals surface area contributed by atoms with Crippen molar-refractivity contribution in [2.24, 2.45) is 0 Å². The molecule has 2 aromatic heterocycles. The lowest BCUT2D eigenvalue weighted by Crippen LogP contribution is -2.13. The Kier molecular flexibility index (Phi) is 4.11. The van der Waals surface area contributed by atoms with Crippen molar-refractivity contribution in [3.05, 3.63) is 84.2 Å². The van der Waals surface area contributed by atoms with Crippen LogP contribution in [0.1, 0.15) is 16.1 Å². The van der Waals surface area contributed by atoms with Crippen molar-refractivity contribution in [1.29, 1.82) is 0 Å². The van der Waals surface area contributed by atoms with E-state index in [4.69, 9.17) is 4.74 Å². The number of anilines is 1. The average Bonchev–Trinajstić information content (AvgIpc) is 3.13. The van der Waals surface area contributed by atoms with Gasteiger partial charge in [0.25, 0.3) is 5.91 Å². The molecule has 0 fully saturated rings. The summed E-state index contributed by atoms with van der Waals surface area (Å²) in [7, 11) is 0. The number of nitrogens with one attached hydrogen (secondary N) is 2. The molecule has 1 amide bonds. The van der Waals surface area contributed by atoms with Crippen molar-refractivity contribution >= 4 is 22.6 Å². The molecule has 0 bridgehead atoms. The molecular weight excluding hydrogens is 326 g/mol. The number of carbonyl (C=O) groups excluding carboxylic acids is 1. The number of nitrogens with zero attached hydrogens (tertiary/aromatic N) is 1. The highest BCUT2D eigenvalue weighted by Crippen LogP contribution is 2.28. The van der Waals surface area contributed by atoms with Gasteiger partial charge in [-0.25, -0.2) is 4.98 Å². The first-order chi connectivity index (χ1) is 12.7. The minimum absolute atomic E-state index is 0.268. The van der Waals surface area contributed by atoms with Gasteiger partial charge in [-0.2, -0.15) is 0 Å². The Balaban J connectivity index is 1.55. The van der Waals surface area contributed by atoms with E-state index < -0.39 is 0 Å². The molecule has 0 aliphatic heterocycles. The number of fused-ring (bicyclic) bond motifs is 1. The lowest BCUT2D eigenvalue weighted by atomic mass is 10.2. The highest BCUT2D eigenvalue weighted by atomic mass is 16.5. The highest BCUT2D eigenvalue weighted by Gasteiger charge is 2.11. The highest BCUT2D eigenvalue weighted by molar-refractivity contribution is 6.04. The molecule has 0 unspecified atom stereocenters. The van der Waals surface area contributed by atoms with Crippen LogP contribution in [0.5, 0.6) is 11.5 Å². The van der Waals surface area contributed by atoms with Crippen LogP contribution in [0.2, 0.25) is 0 Å². The maximum Gasteiger partial charge on any atom is 0.274 e. The molecule has 0 atom stereocenters. The van der Waals surface area contributed by atoms with Crippen molar-refractivity contribution in [3.8, 4) is 11.5 Å². The van der Waals surface area contributed by atoms with Gasteiger partial charge in [-0.3, -0.25) is 4.79 Å². The van der Waals surface area contributed by atoms with Gasteiger partial charge in [-0.1, -0.05) is 24.3 Å². The molecule has 0 aliphatic carbocycles. The summed E-state index contributed by atoms with van der Waals surface area (Å²) < 4.78 is 5.91. The fourth-order valence-electron chi connectivity index (χ4n) is 2.66. The quantitative estimate of drug-likeness (QED) is 0.553. The minimum atomic E-state index is -0.268. The summed E-state index contributed by atoms with van der Waals surface area (Å²) in [5, 5.41) is 3.84.